The lowest BCUT2D eigenvalue weighted by Gasteiger charge is -2.18. The fraction of sp³-hybridized carbons (Fsp3) is 0.286. The maximum absolute atomic E-state index is 5.68. The van der Waals surface area contributed by atoms with E-state index in [9.17, 15) is 0 Å². The summed E-state index contributed by atoms with van der Waals surface area (Å²) >= 11 is 0. The third-order valence-corrected chi connectivity index (χ3v) is 3.09. The molecule has 6 nitrogen and oxygen atoms in total. The van der Waals surface area contributed by atoms with Gasteiger partial charge in [-0.2, -0.15) is 0 Å². The zero-order valence-electron chi connectivity index (χ0n) is 11.8. The SMILES string of the molecule is COc1cc(C(NN)c2nccnc2OC)ccc1C. The van der Waals surface area contributed by atoms with E-state index in [0.29, 0.717) is 11.6 Å². The van der Waals surface area contributed by atoms with E-state index in [1.807, 2.05) is 25.1 Å². The normalized spacial score (nSPS) is 12.0. The largest absolute Gasteiger partial charge is 0.496 e. The third-order valence-electron chi connectivity index (χ3n) is 3.09. The zero-order valence-corrected chi connectivity index (χ0v) is 11.8. The van der Waals surface area contributed by atoms with E-state index < -0.39 is 0 Å². The van der Waals surface area contributed by atoms with Crippen molar-refractivity contribution in [2.45, 2.75) is 13.0 Å². The average Bonchev–Trinajstić information content (AvgIpc) is 2.50. The molecule has 1 aromatic carbocycles. The van der Waals surface area contributed by atoms with Crippen LogP contribution in [0.15, 0.2) is 30.6 Å². The first-order valence-electron chi connectivity index (χ1n) is 6.16. The van der Waals surface area contributed by atoms with Gasteiger partial charge in [0.1, 0.15) is 11.4 Å². The molecule has 0 saturated heterocycles. The molecule has 2 rings (SSSR count). The standard InChI is InChI=1S/C14H18N4O2/c1-9-4-5-10(8-11(9)19-2)12(18-15)13-14(20-3)17-7-6-16-13/h4-8,12,18H,15H2,1-3H3. The molecule has 0 spiro atoms. The van der Waals surface area contributed by atoms with Crippen LogP contribution in [0.5, 0.6) is 11.6 Å². The molecule has 0 bridgehead atoms. The Labute approximate surface area is 117 Å². The van der Waals surface area contributed by atoms with Crippen LogP contribution >= 0.6 is 0 Å². The van der Waals surface area contributed by atoms with Crippen molar-refractivity contribution in [2.24, 2.45) is 5.84 Å². The molecule has 0 fully saturated rings. The van der Waals surface area contributed by atoms with Crippen LogP contribution in [0, 0.1) is 6.92 Å². The van der Waals surface area contributed by atoms with Crippen molar-refractivity contribution in [1.29, 1.82) is 0 Å². The molecule has 0 amide bonds. The monoisotopic (exact) mass is 274 g/mol. The van der Waals surface area contributed by atoms with Crippen LogP contribution in [-0.2, 0) is 0 Å². The van der Waals surface area contributed by atoms with Crippen LogP contribution < -0.4 is 20.7 Å². The summed E-state index contributed by atoms with van der Waals surface area (Å²) in [7, 11) is 3.19. The number of hydrazine groups is 1. The Hall–Kier alpha value is -2.18. The molecule has 0 saturated carbocycles. The van der Waals surface area contributed by atoms with E-state index in [2.05, 4.69) is 15.4 Å². The number of methoxy groups -OCH3 is 2. The minimum atomic E-state index is -0.326. The van der Waals surface area contributed by atoms with Gasteiger partial charge in [-0.3, -0.25) is 10.8 Å². The topological polar surface area (TPSA) is 82.3 Å². The van der Waals surface area contributed by atoms with E-state index in [1.54, 1.807) is 26.6 Å². The minimum absolute atomic E-state index is 0.326. The Balaban J connectivity index is 2.47. The summed E-state index contributed by atoms with van der Waals surface area (Å²) in [5.74, 6) is 6.91. The molecule has 0 radical (unpaired) electrons. The molecular weight excluding hydrogens is 256 g/mol. The number of nitrogens with two attached hydrogens (primary N) is 1. The molecule has 0 aliphatic carbocycles. The Morgan fingerprint density at radius 1 is 1.15 bits per heavy atom. The lowest BCUT2D eigenvalue weighted by atomic mass is 10.0. The van der Waals surface area contributed by atoms with Crippen molar-refractivity contribution in [1.82, 2.24) is 15.4 Å². The molecule has 0 aliphatic heterocycles. The number of benzene rings is 1. The van der Waals surface area contributed by atoms with Crippen LogP contribution in [0.4, 0.5) is 0 Å². The number of ether oxygens (including phenoxy) is 2. The van der Waals surface area contributed by atoms with E-state index in [-0.39, 0.29) is 6.04 Å². The second-order valence-electron chi connectivity index (χ2n) is 4.28. The van der Waals surface area contributed by atoms with Crippen molar-refractivity contribution in [3.63, 3.8) is 0 Å². The van der Waals surface area contributed by atoms with Crippen molar-refractivity contribution >= 4 is 0 Å². The van der Waals surface area contributed by atoms with E-state index in [1.165, 1.54) is 0 Å². The summed E-state index contributed by atoms with van der Waals surface area (Å²) in [5.41, 5.74) is 5.35. The molecule has 3 N–H and O–H groups in total. The predicted molar refractivity (Wildman–Crippen MR) is 75.5 cm³/mol. The molecule has 1 heterocycles. The van der Waals surface area contributed by atoms with Crippen LogP contribution in [0.25, 0.3) is 0 Å². The Morgan fingerprint density at radius 2 is 1.90 bits per heavy atom. The van der Waals surface area contributed by atoms with E-state index in [0.717, 1.165) is 16.9 Å². The molecule has 1 atom stereocenters. The van der Waals surface area contributed by atoms with Crippen molar-refractivity contribution in [3.05, 3.63) is 47.4 Å². The maximum atomic E-state index is 5.68. The van der Waals surface area contributed by atoms with Crippen LogP contribution in [0.3, 0.4) is 0 Å². The van der Waals surface area contributed by atoms with Crippen LogP contribution in [-0.4, -0.2) is 24.2 Å². The number of hydrogen-bond acceptors (Lipinski definition) is 6. The van der Waals surface area contributed by atoms with Crippen molar-refractivity contribution < 1.29 is 9.47 Å². The summed E-state index contributed by atoms with van der Waals surface area (Å²) in [6.45, 7) is 1.98. The summed E-state index contributed by atoms with van der Waals surface area (Å²) in [6, 6.07) is 5.54. The smallest absolute Gasteiger partial charge is 0.237 e. The molecular formula is C14H18N4O2. The summed E-state index contributed by atoms with van der Waals surface area (Å²) in [4.78, 5) is 8.44. The number of rotatable bonds is 5. The van der Waals surface area contributed by atoms with Gasteiger partial charge in [0.05, 0.1) is 20.3 Å². The van der Waals surface area contributed by atoms with Gasteiger partial charge in [-0.15, -0.1) is 0 Å². The van der Waals surface area contributed by atoms with Gasteiger partial charge >= 0.3 is 0 Å². The Kier molecular flexibility index (Phi) is 4.49. The number of hydrogen-bond donors (Lipinski definition) is 2. The first kappa shape index (κ1) is 14.2. The lowest BCUT2D eigenvalue weighted by Crippen LogP contribution is -2.30. The van der Waals surface area contributed by atoms with Gasteiger partial charge in [0.2, 0.25) is 5.88 Å². The molecule has 1 unspecified atom stereocenters. The van der Waals surface area contributed by atoms with Crippen molar-refractivity contribution in [2.75, 3.05) is 14.2 Å². The molecule has 106 valence electrons. The zero-order chi connectivity index (χ0) is 14.5. The van der Waals surface area contributed by atoms with Gasteiger partial charge in [-0.05, 0) is 24.1 Å². The second-order valence-corrected chi connectivity index (χ2v) is 4.28. The van der Waals surface area contributed by atoms with E-state index >= 15 is 0 Å². The molecule has 6 heteroatoms. The number of aryl methyl sites for hydroxylation is 1. The van der Waals surface area contributed by atoms with Gasteiger partial charge < -0.3 is 9.47 Å². The highest BCUT2D eigenvalue weighted by Crippen LogP contribution is 2.29. The first-order chi connectivity index (χ1) is 9.71. The number of aromatic nitrogens is 2. The maximum Gasteiger partial charge on any atom is 0.237 e. The highest BCUT2D eigenvalue weighted by atomic mass is 16.5. The number of nitrogens with zero attached hydrogens (tertiary/aromatic N) is 2. The third kappa shape index (κ3) is 2.71. The van der Waals surface area contributed by atoms with Gasteiger partial charge in [-0.25, -0.2) is 10.4 Å². The lowest BCUT2D eigenvalue weighted by molar-refractivity contribution is 0.382. The average molecular weight is 274 g/mol. The summed E-state index contributed by atoms with van der Waals surface area (Å²) in [5, 5.41) is 0. The van der Waals surface area contributed by atoms with E-state index in [4.69, 9.17) is 15.3 Å². The predicted octanol–water partition coefficient (Wildman–Crippen LogP) is 1.35. The molecule has 0 aliphatic rings. The fourth-order valence-electron chi connectivity index (χ4n) is 2.04. The molecule has 2 aromatic rings. The highest BCUT2D eigenvalue weighted by Gasteiger charge is 2.20. The summed E-state index contributed by atoms with van der Waals surface area (Å²) in [6.07, 6.45) is 3.18. The Morgan fingerprint density at radius 3 is 2.55 bits per heavy atom. The molecule has 1 aromatic heterocycles. The van der Waals surface area contributed by atoms with Crippen LogP contribution in [0.2, 0.25) is 0 Å². The quantitative estimate of drug-likeness (QED) is 0.632. The highest BCUT2D eigenvalue weighted by molar-refractivity contribution is 5.41. The first-order valence-corrected chi connectivity index (χ1v) is 6.16. The van der Waals surface area contributed by atoms with Gasteiger partial charge in [0, 0.05) is 12.4 Å². The number of nitrogens with one attached hydrogen (secondary N) is 1. The summed E-state index contributed by atoms with van der Waals surface area (Å²) < 4.78 is 10.6. The second kappa shape index (κ2) is 6.31. The van der Waals surface area contributed by atoms with Gasteiger partial charge in [0.25, 0.3) is 0 Å². The fourth-order valence-corrected chi connectivity index (χ4v) is 2.04. The van der Waals surface area contributed by atoms with Crippen LogP contribution in [0.1, 0.15) is 22.9 Å². The Bertz CT molecular complexity index is 589. The van der Waals surface area contributed by atoms with Gasteiger partial charge in [-0.1, -0.05) is 12.1 Å². The van der Waals surface area contributed by atoms with Crippen molar-refractivity contribution in [3.8, 4) is 11.6 Å². The molecule has 20 heavy (non-hydrogen) atoms. The minimum Gasteiger partial charge on any atom is -0.496 e. The van der Waals surface area contributed by atoms with Gasteiger partial charge in [0.15, 0.2) is 0 Å².